The van der Waals surface area contributed by atoms with Gasteiger partial charge in [0.2, 0.25) is 0 Å². The molecule has 148 valence electrons. The fourth-order valence-corrected chi connectivity index (χ4v) is 3.97. The van der Waals surface area contributed by atoms with Gasteiger partial charge >= 0.3 is 5.91 Å². The number of halogens is 3. The summed E-state index contributed by atoms with van der Waals surface area (Å²) in [4.78, 5) is 12.9. The number of carbonyl (C=O) groups is 1. The Morgan fingerprint density at radius 3 is 2.38 bits per heavy atom. The number of benzene rings is 2. The Bertz CT molecular complexity index is 1030. The number of amides is 1. The van der Waals surface area contributed by atoms with Crippen LogP contribution in [0.3, 0.4) is 0 Å². The van der Waals surface area contributed by atoms with Crippen molar-refractivity contribution in [1.82, 2.24) is 5.43 Å². The number of allylic oxidation sites excluding steroid dienone is 2. The quantitative estimate of drug-likeness (QED) is 0.630. The Morgan fingerprint density at radius 1 is 1.07 bits per heavy atom. The van der Waals surface area contributed by atoms with Crippen LogP contribution in [0.25, 0.3) is 0 Å². The lowest BCUT2D eigenvalue weighted by Crippen LogP contribution is -2.50. The van der Waals surface area contributed by atoms with E-state index in [2.05, 4.69) is 10.5 Å². The van der Waals surface area contributed by atoms with Gasteiger partial charge in [0, 0.05) is 16.5 Å². The first-order valence-electron chi connectivity index (χ1n) is 8.97. The third kappa shape index (κ3) is 4.19. The van der Waals surface area contributed by atoms with Crippen LogP contribution < -0.4 is 10.4 Å². The van der Waals surface area contributed by atoms with E-state index < -0.39 is 0 Å². The van der Waals surface area contributed by atoms with Crippen molar-refractivity contribution in [2.24, 2.45) is 5.10 Å². The van der Waals surface area contributed by atoms with Gasteiger partial charge in [-0.15, -0.1) is 0 Å². The van der Waals surface area contributed by atoms with Crippen LogP contribution in [-0.4, -0.2) is 23.3 Å². The Morgan fingerprint density at radius 2 is 1.72 bits per heavy atom. The molecule has 2 aromatic rings. The van der Waals surface area contributed by atoms with E-state index in [1.807, 2.05) is 55.9 Å². The first-order chi connectivity index (χ1) is 13.8. The van der Waals surface area contributed by atoms with E-state index in [9.17, 15) is 4.79 Å². The molecule has 0 saturated heterocycles. The zero-order valence-electron chi connectivity index (χ0n) is 15.5. The SMILES string of the molecule is C[N+]1(NC(=O)C2=NN(c3ccc(Cl)cc3Cl)C(c3ccc(Cl)cc3)C2)C=CC=C1. The molecule has 0 saturated carbocycles. The lowest BCUT2D eigenvalue weighted by atomic mass is 10.0. The number of carbonyl (C=O) groups excluding carboxylic acids is 1. The normalized spacial score (nSPS) is 19.5. The van der Waals surface area contributed by atoms with E-state index in [-0.39, 0.29) is 16.5 Å². The van der Waals surface area contributed by atoms with E-state index in [1.54, 1.807) is 23.2 Å². The predicted octanol–water partition coefficient (Wildman–Crippen LogP) is 5.47. The summed E-state index contributed by atoms with van der Waals surface area (Å²) in [6, 6.07) is 12.5. The third-order valence-corrected chi connectivity index (χ3v) is 5.62. The molecule has 2 aliphatic heterocycles. The van der Waals surface area contributed by atoms with Gasteiger partial charge < -0.3 is 0 Å². The highest BCUT2D eigenvalue weighted by Crippen LogP contribution is 2.39. The molecule has 1 atom stereocenters. The average Bonchev–Trinajstić information content (AvgIpc) is 3.29. The first kappa shape index (κ1) is 20.0. The standard InChI is InChI=1S/C21H17Cl3N4O/c1-28(10-2-3-11-28)26-21(29)18-13-20(14-4-6-15(22)7-5-14)27(25-18)19-9-8-16(23)12-17(19)24/h2-12,20H,13H2,1H3/p+1. The van der Waals surface area contributed by atoms with E-state index >= 15 is 0 Å². The molecule has 2 heterocycles. The topological polar surface area (TPSA) is 44.7 Å². The smallest absolute Gasteiger partial charge is 0.263 e. The number of nitrogens with one attached hydrogen (secondary N) is 1. The summed E-state index contributed by atoms with van der Waals surface area (Å²) < 4.78 is 0.186. The number of hydrazone groups is 1. The molecule has 2 aromatic carbocycles. The summed E-state index contributed by atoms with van der Waals surface area (Å²) >= 11 is 18.5. The highest BCUT2D eigenvalue weighted by molar-refractivity contribution is 6.40. The van der Waals surface area contributed by atoms with E-state index in [0.717, 1.165) is 5.56 Å². The molecule has 1 amide bonds. The van der Waals surface area contributed by atoms with Crippen LogP contribution in [-0.2, 0) is 4.79 Å². The second kappa shape index (κ2) is 7.84. The zero-order chi connectivity index (χ0) is 20.6. The maximum atomic E-state index is 12.9. The average molecular weight is 449 g/mol. The summed E-state index contributed by atoms with van der Waals surface area (Å²) in [6.07, 6.45) is 7.94. The lowest BCUT2D eigenvalue weighted by Gasteiger charge is -2.25. The Balaban J connectivity index is 1.68. The number of hydrogen-bond donors (Lipinski definition) is 1. The second-order valence-electron chi connectivity index (χ2n) is 7.03. The summed E-state index contributed by atoms with van der Waals surface area (Å²) in [5.41, 5.74) is 5.05. The van der Waals surface area contributed by atoms with Crippen molar-refractivity contribution >= 4 is 52.1 Å². The molecular formula is C21H18Cl3N4O+. The zero-order valence-corrected chi connectivity index (χ0v) is 17.8. The molecule has 5 nitrogen and oxygen atoms in total. The molecule has 0 spiro atoms. The van der Waals surface area contributed by atoms with Crippen LogP contribution in [0.2, 0.25) is 15.1 Å². The predicted molar refractivity (Wildman–Crippen MR) is 118 cm³/mol. The van der Waals surface area contributed by atoms with Crippen molar-refractivity contribution in [3.63, 3.8) is 0 Å². The molecule has 29 heavy (non-hydrogen) atoms. The number of nitrogens with zero attached hydrogens (tertiary/aromatic N) is 3. The fourth-order valence-electron chi connectivity index (χ4n) is 3.35. The molecular weight excluding hydrogens is 431 g/mol. The van der Waals surface area contributed by atoms with Crippen molar-refractivity contribution in [3.05, 3.63) is 87.6 Å². The molecule has 2 aliphatic rings. The van der Waals surface area contributed by atoms with Gasteiger partial charge in [0.1, 0.15) is 25.2 Å². The van der Waals surface area contributed by atoms with E-state index in [4.69, 9.17) is 34.8 Å². The molecule has 1 N–H and O–H groups in total. The minimum atomic E-state index is -0.241. The Hall–Kier alpha value is -2.31. The minimum Gasteiger partial charge on any atom is -0.263 e. The third-order valence-electron chi connectivity index (χ3n) is 4.83. The molecule has 8 heteroatoms. The molecule has 0 fully saturated rings. The number of rotatable bonds is 4. The van der Waals surface area contributed by atoms with Gasteiger partial charge in [-0.3, -0.25) is 9.80 Å². The minimum absolute atomic E-state index is 0.186. The Kier molecular flexibility index (Phi) is 5.40. The highest BCUT2D eigenvalue weighted by Gasteiger charge is 2.35. The number of quaternary nitrogens is 1. The van der Waals surface area contributed by atoms with Gasteiger partial charge in [-0.2, -0.15) is 15.1 Å². The van der Waals surface area contributed by atoms with Crippen LogP contribution in [0.1, 0.15) is 18.0 Å². The monoisotopic (exact) mass is 447 g/mol. The van der Waals surface area contributed by atoms with E-state index in [0.29, 0.717) is 32.9 Å². The largest absolute Gasteiger partial charge is 0.312 e. The molecule has 1 unspecified atom stereocenters. The van der Waals surface area contributed by atoms with Gasteiger partial charge in [-0.1, -0.05) is 46.9 Å². The summed E-state index contributed by atoms with van der Waals surface area (Å²) in [6.45, 7) is 0. The van der Waals surface area contributed by atoms with Gasteiger partial charge in [0.05, 0.1) is 16.8 Å². The number of anilines is 1. The first-order valence-corrected chi connectivity index (χ1v) is 10.1. The van der Waals surface area contributed by atoms with Crippen molar-refractivity contribution < 1.29 is 9.39 Å². The van der Waals surface area contributed by atoms with Crippen molar-refractivity contribution in [2.75, 3.05) is 12.1 Å². The second-order valence-corrected chi connectivity index (χ2v) is 8.31. The molecule has 0 aliphatic carbocycles. The van der Waals surface area contributed by atoms with Crippen molar-refractivity contribution in [1.29, 1.82) is 0 Å². The molecule has 0 aromatic heterocycles. The van der Waals surface area contributed by atoms with Gasteiger partial charge in [-0.05, 0) is 48.0 Å². The van der Waals surface area contributed by atoms with E-state index in [1.165, 1.54) is 0 Å². The van der Waals surface area contributed by atoms with Crippen LogP contribution in [0.4, 0.5) is 5.69 Å². The molecule has 4 rings (SSSR count). The maximum absolute atomic E-state index is 12.9. The Labute approximate surface area is 184 Å². The summed E-state index contributed by atoms with van der Waals surface area (Å²) in [5.74, 6) is -0.241. The van der Waals surface area contributed by atoms with Crippen LogP contribution in [0.15, 0.2) is 72.1 Å². The number of hydrogen-bond acceptors (Lipinski definition) is 3. The van der Waals surface area contributed by atoms with Crippen molar-refractivity contribution in [2.45, 2.75) is 12.5 Å². The summed E-state index contributed by atoms with van der Waals surface area (Å²) in [7, 11) is 1.87. The highest BCUT2D eigenvalue weighted by atomic mass is 35.5. The lowest BCUT2D eigenvalue weighted by molar-refractivity contribution is -0.841. The van der Waals surface area contributed by atoms with Crippen LogP contribution >= 0.6 is 34.8 Å². The fraction of sp³-hybridized carbons (Fsp3) is 0.143. The molecule has 0 radical (unpaired) electrons. The van der Waals surface area contributed by atoms with Gasteiger partial charge in [-0.25, -0.2) is 0 Å². The maximum Gasteiger partial charge on any atom is 0.312 e. The molecule has 0 bridgehead atoms. The van der Waals surface area contributed by atoms with Crippen molar-refractivity contribution in [3.8, 4) is 0 Å². The summed E-state index contributed by atoms with van der Waals surface area (Å²) in [5, 5.41) is 8.04. The van der Waals surface area contributed by atoms with Crippen LogP contribution in [0, 0.1) is 0 Å². The van der Waals surface area contributed by atoms with Gasteiger partial charge in [0.25, 0.3) is 0 Å². The van der Waals surface area contributed by atoms with Gasteiger partial charge in [0.15, 0.2) is 0 Å². The van der Waals surface area contributed by atoms with Crippen LogP contribution in [0.5, 0.6) is 0 Å².